The quantitative estimate of drug-likeness (QED) is 0.382. The molecule has 0 aliphatic carbocycles. The number of methoxy groups -OCH3 is 1. The molecule has 1 rings (SSSR count). The lowest BCUT2D eigenvalue weighted by molar-refractivity contribution is 0.0600. The zero-order valence-corrected chi connectivity index (χ0v) is 9.86. The molecular weight excluding hydrogens is 242 g/mol. The van der Waals surface area contributed by atoms with Gasteiger partial charge in [-0.2, -0.15) is 5.26 Å². The maximum atomic E-state index is 11.4. The van der Waals surface area contributed by atoms with Gasteiger partial charge in [0.05, 0.1) is 29.8 Å². The highest BCUT2D eigenvalue weighted by Crippen LogP contribution is 2.19. The second-order valence-electron chi connectivity index (χ2n) is 3.07. The van der Waals surface area contributed by atoms with E-state index >= 15 is 0 Å². The van der Waals surface area contributed by atoms with Crippen LogP contribution in [0.5, 0.6) is 0 Å². The molecule has 0 bridgehead atoms. The van der Waals surface area contributed by atoms with E-state index in [2.05, 4.69) is 9.73 Å². The van der Waals surface area contributed by atoms with Gasteiger partial charge in [0.1, 0.15) is 11.9 Å². The average molecular weight is 252 g/mol. The first kappa shape index (κ1) is 13.0. The van der Waals surface area contributed by atoms with Crippen molar-refractivity contribution in [2.24, 2.45) is 10.7 Å². The molecule has 0 amide bonds. The highest BCUT2D eigenvalue weighted by Gasteiger charge is 2.12. The van der Waals surface area contributed by atoms with Crippen LogP contribution in [-0.4, -0.2) is 24.8 Å². The number of halogens is 1. The van der Waals surface area contributed by atoms with Crippen molar-refractivity contribution in [3.8, 4) is 6.07 Å². The number of ether oxygens (including phenoxy) is 1. The zero-order chi connectivity index (χ0) is 12.8. The summed E-state index contributed by atoms with van der Waals surface area (Å²) >= 11 is 5.49. The lowest BCUT2D eigenvalue weighted by Crippen LogP contribution is -2.12. The maximum Gasteiger partial charge on any atom is 0.339 e. The Morgan fingerprint density at radius 2 is 2.35 bits per heavy atom. The van der Waals surface area contributed by atoms with Crippen molar-refractivity contribution < 1.29 is 9.53 Å². The number of hydrogen-bond acceptors (Lipinski definition) is 4. The number of benzene rings is 1. The van der Waals surface area contributed by atoms with Gasteiger partial charge in [0.25, 0.3) is 0 Å². The molecule has 0 aliphatic rings. The number of hydrogen-bond donors (Lipinski definition) is 1. The first-order chi connectivity index (χ1) is 8.12. The number of carbonyl (C=O) groups excluding carboxylic acids is 1. The minimum Gasteiger partial charge on any atom is -0.465 e. The lowest BCUT2D eigenvalue weighted by atomic mass is 10.1. The molecule has 5 nitrogen and oxygen atoms in total. The third-order valence-electron chi connectivity index (χ3n) is 1.94. The van der Waals surface area contributed by atoms with Gasteiger partial charge in [-0.3, -0.25) is 0 Å². The predicted octanol–water partition coefficient (Wildman–Crippen LogP) is 1.57. The van der Waals surface area contributed by atoms with Crippen LogP contribution in [-0.2, 0) is 4.74 Å². The molecule has 0 aliphatic heterocycles. The fourth-order valence-corrected chi connectivity index (χ4v) is 1.23. The van der Waals surface area contributed by atoms with Crippen LogP contribution in [0.3, 0.4) is 0 Å². The molecule has 2 N–H and O–H groups in total. The SMILES string of the molecule is COC(=O)c1cc(N=C(N)CCl)ccc1C#N. The summed E-state index contributed by atoms with van der Waals surface area (Å²) < 4.78 is 4.57. The van der Waals surface area contributed by atoms with E-state index < -0.39 is 5.97 Å². The van der Waals surface area contributed by atoms with Gasteiger partial charge in [0.15, 0.2) is 0 Å². The zero-order valence-electron chi connectivity index (χ0n) is 9.11. The summed E-state index contributed by atoms with van der Waals surface area (Å²) in [6.45, 7) is 0. The van der Waals surface area contributed by atoms with Crippen LogP contribution in [0.2, 0.25) is 0 Å². The van der Waals surface area contributed by atoms with Crippen molar-refractivity contribution in [3.63, 3.8) is 0 Å². The van der Waals surface area contributed by atoms with E-state index in [-0.39, 0.29) is 22.8 Å². The maximum absolute atomic E-state index is 11.4. The molecule has 6 heteroatoms. The molecule has 0 radical (unpaired) electrons. The van der Waals surface area contributed by atoms with E-state index in [4.69, 9.17) is 22.6 Å². The van der Waals surface area contributed by atoms with Crippen molar-refractivity contribution in [2.45, 2.75) is 0 Å². The Hall–Kier alpha value is -2.06. The Morgan fingerprint density at radius 1 is 1.65 bits per heavy atom. The third-order valence-corrected chi connectivity index (χ3v) is 2.21. The molecule has 88 valence electrons. The number of carbonyl (C=O) groups is 1. The fraction of sp³-hybridized carbons (Fsp3) is 0.182. The number of rotatable bonds is 3. The van der Waals surface area contributed by atoms with Gasteiger partial charge in [-0.15, -0.1) is 11.6 Å². The van der Waals surface area contributed by atoms with Gasteiger partial charge in [-0.25, -0.2) is 9.79 Å². The second kappa shape index (κ2) is 5.87. The van der Waals surface area contributed by atoms with Crippen molar-refractivity contribution in [2.75, 3.05) is 13.0 Å². The largest absolute Gasteiger partial charge is 0.465 e. The Bertz CT molecular complexity index is 506. The second-order valence-corrected chi connectivity index (χ2v) is 3.34. The normalized spacial score (nSPS) is 10.8. The standard InChI is InChI=1S/C11H10ClN3O2/c1-17-11(16)9-4-8(15-10(14)5-12)3-2-7(9)6-13/h2-4H,5H2,1H3,(H2,14,15). The molecule has 0 saturated carbocycles. The number of aliphatic imine (C=N–C) groups is 1. The third kappa shape index (κ3) is 3.20. The number of alkyl halides is 1. The first-order valence-electron chi connectivity index (χ1n) is 4.63. The van der Waals surface area contributed by atoms with Crippen LogP contribution in [0.4, 0.5) is 5.69 Å². The van der Waals surface area contributed by atoms with Gasteiger partial charge < -0.3 is 10.5 Å². The smallest absolute Gasteiger partial charge is 0.339 e. The van der Waals surface area contributed by atoms with Gasteiger partial charge >= 0.3 is 5.97 Å². The van der Waals surface area contributed by atoms with E-state index in [1.54, 1.807) is 6.07 Å². The van der Waals surface area contributed by atoms with Gasteiger partial charge in [0.2, 0.25) is 0 Å². The number of nitrogens with two attached hydrogens (primary N) is 1. The Morgan fingerprint density at radius 3 is 2.88 bits per heavy atom. The molecule has 0 fully saturated rings. The van der Waals surface area contributed by atoms with Gasteiger partial charge in [-0.1, -0.05) is 0 Å². The summed E-state index contributed by atoms with van der Waals surface area (Å²) in [5.74, 6) is -0.275. The summed E-state index contributed by atoms with van der Waals surface area (Å²) in [6, 6.07) is 6.39. The molecule has 0 aromatic heterocycles. The van der Waals surface area contributed by atoms with E-state index in [0.717, 1.165) is 0 Å². The van der Waals surface area contributed by atoms with Crippen molar-refractivity contribution in [3.05, 3.63) is 29.3 Å². The van der Waals surface area contributed by atoms with Gasteiger partial charge in [-0.05, 0) is 18.2 Å². The van der Waals surface area contributed by atoms with Gasteiger partial charge in [0, 0.05) is 0 Å². The average Bonchev–Trinajstić information content (AvgIpc) is 2.37. The minimum absolute atomic E-state index is 0.0908. The molecule has 0 spiro atoms. The topological polar surface area (TPSA) is 88.5 Å². The van der Waals surface area contributed by atoms with E-state index in [9.17, 15) is 4.79 Å². The molecule has 0 saturated heterocycles. The molecule has 1 aromatic carbocycles. The Labute approximate surface area is 103 Å². The summed E-state index contributed by atoms with van der Waals surface area (Å²) in [6.07, 6.45) is 0. The molecular formula is C11H10ClN3O2. The fourth-order valence-electron chi connectivity index (χ4n) is 1.17. The number of esters is 1. The van der Waals surface area contributed by atoms with E-state index in [1.807, 2.05) is 6.07 Å². The number of nitrogens with zero attached hydrogens (tertiary/aromatic N) is 2. The van der Waals surface area contributed by atoms with Crippen molar-refractivity contribution >= 4 is 29.1 Å². The summed E-state index contributed by atoms with van der Waals surface area (Å²) in [5.41, 5.74) is 6.29. The summed E-state index contributed by atoms with van der Waals surface area (Å²) in [4.78, 5) is 15.4. The van der Waals surface area contributed by atoms with Crippen molar-refractivity contribution in [1.29, 1.82) is 5.26 Å². The molecule has 0 unspecified atom stereocenters. The predicted molar refractivity (Wildman–Crippen MR) is 64.5 cm³/mol. The monoisotopic (exact) mass is 251 g/mol. The Balaban J connectivity index is 3.24. The van der Waals surface area contributed by atoms with Crippen LogP contribution in [0, 0.1) is 11.3 Å². The summed E-state index contributed by atoms with van der Waals surface area (Å²) in [5, 5.41) is 8.84. The van der Waals surface area contributed by atoms with Crippen LogP contribution >= 0.6 is 11.6 Å². The molecule has 0 atom stereocenters. The number of amidine groups is 1. The minimum atomic E-state index is -0.594. The van der Waals surface area contributed by atoms with E-state index in [0.29, 0.717) is 5.69 Å². The summed E-state index contributed by atoms with van der Waals surface area (Å²) in [7, 11) is 1.24. The Kier molecular flexibility index (Phi) is 4.49. The number of nitriles is 1. The van der Waals surface area contributed by atoms with Crippen LogP contribution in [0.15, 0.2) is 23.2 Å². The van der Waals surface area contributed by atoms with Crippen LogP contribution in [0.1, 0.15) is 15.9 Å². The first-order valence-corrected chi connectivity index (χ1v) is 5.17. The van der Waals surface area contributed by atoms with Crippen molar-refractivity contribution in [1.82, 2.24) is 0 Å². The highest BCUT2D eigenvalue weighted by atomic mass is 35.5. The van der Waals surface area contributed by atoms with Crippen LogP contribution < -0.4 is 5.73 Å². The van der Waals surface area contributed by atoms with Crippen LogP contribution in [0.25, 0.3) is 0 Å². The molecule has 0 heterocycles. The highest BCUT2D eigenvalue weighted by molar-refractivity contribution is 6.28. The lowest BCUT2D eigenvalue weighted by Gasteiger charge is -2.03. The van der Waals surface area contributed by atoms with E-state index in [1.165, 1.54) is 19.2 Å². The molecule has 17 heavy (non-hydrogen) atoms. The molecule has 1 aromatic rings.